The van der Waals surface area contributed by atoms with Crippen molar-refractivity contribution in [3.05, 3.63) is 22.8 Å². The third-order valence-electron chi connectivity index (χ3n) is 5.12. The van der Waals surface area contributed by atoms with E-state index in [9.17, 15) is 24.3 Å². The van der Waals surface area contributed by atoms with E-state index in [0.717, 1.165) is 0 Å². The normalized spacial score (nSPS) is 28.3. The van der Waals surface area contributed by atoms with Gasteiger partial charge in [0.15, 0.2) is 5.78 Å². The summed E-state index contributed by atoms with van der Waals surface area (Å²) in [5.74, 6) is -6.59. The molecule has 136 valence electrons. The van der Waals surface area contributed by atoms with Crippen molar-refractivity contribution in [1.29, 1.82) is 0 Å². The Balaban J connectivity index is 2.72. The minimum absolute atomic E-state index is 0.120. The second-order valence-electron chi connectivity index (χ2n) is 6.12. The number of ether oxygens (including phenoxy) is 2. The van der Waals surface area contributed by atoms with E-state index in [1.807, 2.05) is 6.92 Å². The van der Waals surface area contributed by atoms with Gasteiger partial charge in [0.2, 0.25) is 0 Å². The van der Waals surface area contributed by atoms with Crippen LogP contribution < -0.4 is 0 Å². The van der Waals surface area contributed by atoms with Gasteiger partial charge in [-0.25, -0.2) is 4.79 Å². The van der Waals surface area contributed by atoms with Crippen LogP contribution in [-0.4, -0.2) is 43.0 Å². The number of ketones is 1. The number of carboxylic acid groups (broad SMARTS) is 1. The summed E-state index contributed by atoms with van der Waals surface area (Å²) in [5.41, 5.74) is 0.971. The fourth-order valence-electron chi connectivity index (χ4n) is 4.07. The fourth-order valence-corrected chi connectivity index (χ4v) is 4.07. The van der Waals surface area contributed by atoms with Crippen molar-refractivity contribution in [2.75, 3.05) is 14.2 Å². The highest BCUT2D eigenvalue weighted by atomic mass is 16.5. The molecule has 2 aliphatic carbocycles. The van der Waals surface area contributed by atoms with Crippen molar-refractivity contribution in [3.8, 4) is 0 Å². The average molecular weight is 350 g/mol. The third-order valence-corrected chi connectivity index (χ3v) is 5.12. The minimum atomic E-state index is -1.15. The molecule has 0 aliphatic heterocycles. The SMILES string of the molecule is CCC1=C[C@H](C(=O)O)[C@H]2C(=O)C(C(=O)OC)=C(CC)[C@H]2[C@H]1C(=O)OC. The van der Waals surface area contributed by atoms with Crippen LogP contribution in [-0.2, 0) is 28.7 Å². The molecule has 0 spiro atoms. The second-order valence-corrected chi connectivity index (χ2v) is 6.12. The van der Waals surface area contributed by atoms with E-state index in [1.165, 1.54) is 20.3 Å². The summed E-state index contributed by atoms with van der Waals surface area (Å²) in [5, 5.41) is 9.59. The van der Waals surface area contributed by atoms with Gasteiger partial charge in [0.1, 0.15) is 5.57 Å². The first-order chi connectivity index (χ1) is 11.8. The Morgan fingerprint density at radius 1 is 1.08 bits per heavy atom. The summed E-state index contributed by atoms with van der Waals surface area (Å²) in [6, 6.07) is 0. The summed E-state index contributed by atoms with van der Waals surface area (Å²) in [7, 11) is 2.42. The smallest absolute Gasteiger partial charge is 0.341 e. The lowest BCUT2D eigenvalue weighted by molar-refractivity contribution is -0.151. The molecular weight excluding hydrogens is 328 g/mol. The van der Waals surface area contributed by atoms with Gasteiger partial charge in [-0.15, -0.1) is 0 Å². The number of carboxylic acids is 1. The minimum Gasteiger partial charge on any atom is -0.481 e. The second kappa shape index (κ2) is 7.21. The molecule has 7 heteroatoms. The summed E-state index contributed by atoms with van der Waals surface area (Å²) in [6.45, 7) is 3.58. The molecule has 0 saturated carbocycles. The highest BCUT2D eigenvalue weighted by molar-refractivity contribution is 6.21. The molecule has 1 N–H and O–H groups in total. The Hall–Kier alpha value is -2.44. The third kappa shape index (κ3) is 2.88. The van der Waals surface area contributed by atoms with E-state index in [-0.39, 0.29) is 5.57 Å². The number of Topliss-reactive ketones (excluding diaryl/α,β-unsaturated/α-hetero) is 1. The van der Waals surface area contributed by atoms with E-state index < -0.39 is 47.4 Å². The summed E-state index contributed by atoms with van der Waals surface area (Å²) < 4.78 is 9.61. The first kappa shape index (κ1) is 18.9. The van der Waals surface area contributed by atoms with Gasteiger partial charge in [-0.1, -0.05) is 25.5 Å². The van der Waals surface area contributed by atoms with Gasteiger partial charge >= 0.3 is 17.9 Å². The number of esters is 2. The molecule has 4 atom stereocenters. The quantitative estimate of drug-likeness (QED) is 0.455. The predicted octanol–water partition coefficient (Wildman–Crippen LogP) is 1.52. The maximum atomic E-state index is 12.9. The Kier molecular flexibility index (Phi) is 5.45. The van der Waals surface area contributed by atoms with E-state index >= 15 is 0 Å². The van der Waals surface area contributed by atoms with E-state index in [0.29, 0.717) is 24.0 Å². The van der Waals surface area contributed by atoms with Crippen LogP contribution in [0.2, 0.25) is 0 Å². The highest BCUT2D eigenvalue weighted by Gasteiger charge is 2.56. The van der Waals surface area contributed by atoms with Gasteiger partial charge < -0.3 is 14.6 Å². The summed E-state index contributed by atoms with van der Waals surface area (Å²) >= 11 is 0. The Morgan fingerprint density at radius 3 is 2.16 bits per heavy atom. The van der Waals surface area contributed by atoms with Crippen molar-refractivity contribution < 1.29 is 33.8 Å². The van der Waals surface area contributed by atoms with Crippen LogP contribution in [0.1, 0.15) is 26.7 Å². The van der Waals surface area contributed by atoms with E-state index in [2.05, 4.69) is 0 Å². The van der Waals surface area contributed by atoms with Gasteiger partial charge in [-0.3, -0.25) is 14.4 Å². The van der Waals surface area contributed by atoms with Crippen molar-refractivity contribution in [2.24, 2.45) is 23.7 Å². The molecule has 0 heterocycles. The number of hydrogen-bond donors (Lipinski definition) is 1. The number of carbonyl (C=O) groups excluding carboxylic acids is 3. The maximum Gasteiger partial charge on any atom is 0.341 e. The van der Waals surface area contributed by atoms with E-state index in [1.54, 1.807) is 6.92 Å². The number of hydrogen-bond acceptors (Lipinski definition) is 6. The Morgan fingerprint density at radius 2 is 1.72 bits per heavy atom. The maximum absolute atomic E-state index is 12.9. The van der Waals surface area contributed by atoms with Crippen LogP contribution in [0.5, 0.6) is 0 Å². The molecular formula is C18H22O7. The first-order valence-electron chi connectivity index (χ1n) is 8.20. The number of fused-ring (bicyclic) bond motifs is 1. The topological polar surface area (TPSA) is 107 Å². The monoisotopic (exact) mass is 350 g/mol. The molecule has 7 nitrogen and oxygen atoms in total. The number of aliphatic carboxylic acids is 1. The number of methoxy groups -OCH3 is 2. The molecule has 0 aromatic heterocycles. The molecule has 0 bridgehead atoms. The van der Waals surface area contributed by atoms with Crippen LogP contribution in [0.15, 0.2) is 22.8 Å². The number of carbonyl (C=O) groups is 4. The summed E-state index contributed by atoms with van der Waals surface area (Å²) in [4.78, 5) is 49.2. The average Bonchev–Trinajstić information content (AvgIpc) is 2.91. The standard InChI is InChI=1S/C18H22O7/c1-5-8-7-10(16(20)21)13-12(11(8)17(22)24-3)9(6-2)14(15(13)19)18(23)25-4/h7,10-13H,5-6H2,1-4H3,(H,20,21)/t10-,11-,12-,13+/m0/s1. The van der Waals surface area contributed by atoms with Crippen LogP contribution in [0.3, 0.4) is 0 Å². The van der Waals surface area contributed by atoms with Gasteiger partial charge in [0, 0.05) is 11.8 Å². The lowest BCUT2D eigenvalue weighted by atomic mass is 9.65. The predicted molar refractivity (Wildman–Crippen MR) is 86.3 cm³/mol. The molecule has 2 rings (SSSR count). The molecule has 2 aliphatic rings. The molecule has 0 unspecified atom stereocenters. The molecule has 0 aromatic rings. The zero-order valence-electron chi connectivity index (χ0n) is 14.7. The van der Waals surface area contributed by atoms with Crippen molar-refractivity contribution in [1.82, 2.24) is 0 Å². The Labute approximate surface area is 145 Å². The number of allylic oxidation sites excluding steroid dienone is 1. The lowest BCUT2D eigenvalue weighted by Gasteiger charge is -2.36. The summed E-state index contributed by atoms with van der Waals surface area (Å²) in [6.07, 6.45) is 2.26. The fraction of sp³-hybridized carbons (Fsp3) is 0.556. The number of rotatable bonds is 5. The lowest BCUT2D eigenvalue weighted by Crippen LogP contribution is -2.42. The van der Waals surface area contributed by atoms with Crippen LogP contribution >= 0.6 is 0 Å². The van der Waals surface area contributed by atoms with E-state index in [4.69, 9.17) is 9.47 Å². The molecule has 0 saturated heterocycles. The van der Waals surface area contributed by atoms with Gasteiger partial charge in [-0.05, 0) is 18.4 Å². The molecule has 0 aromatic carbocycles. The van der Waals surface area contributed by atoms with Crippen molar-refractivity contribution in [2.45, 2.75) is 26.7 Å². The van der Waals surface area contributed by atoms with Crippen molar-refractivity contribution >= 4 is 23.7 Å². The zero-order valence-corrected chi connectivity index (χ0v) is 14.7. The van der Waals surface area contributed by atoms with Gasteiger partial charge in [-0.2, -0.15) is 0 Å². The van der Waals surface area contributed by atoms with Crippen LogP contribution in [0, 0.1) is 23.7 Å². The van der Waals surface area contributed by atoms with Crippen LogP contribution in [0.4, 0.5) is 0 Å². The molecule has 0 fully saturated rings. The van der Waals surface area contributed by atoms with Crippen molar-refractivity contribution in [3.63, 3.8) is 0 Å². The first-order valence-corrected chi connectivity index (χ1v) is 8.20. The van der Waals surface area contributed by atoms with Gasteiger partial charge in [0.05, 0.1) is 26.1 Å². The molecule has 0 amide bonds. The Bertz CT molecular complexity index is 686. The zero-order chi connectivity index (χ0) is 18.9. The van der Waals surface area contributed by atoms with Crippen LogP contribution in [0.25, 0.3) is 0 Å². The van der Waals surface area contributed by atoms with Gasteiger partial charge in [0.25, 0.3) is 0 Å². The largest absolute Gasteiger partial charge is 0.481 e. The highest BCUT2D eigenvalue weighted by Crippen LogP contribution is 2.51. The molecule has 25 heavy (non-hydrogen) atoms. The molecule has 0 radical (unpaired) electrons.